The zero-order chi connectivity index (χ0) is 27.1. The Labute approximate surface area is 228 Å². The third-order valence-corrected chi connectivity index (χ3v) is 7.86. The Kier molecular flexibility index (Phi) is 6.39. The van der Waals surface area contributed by atoms with Crippen LogP contribution in [0.2, 0.25) is 0 Å². The molecule has 1 aliphatic rings. The maximum Gasteiger partial charge on any atom is 0.273 e. The van der Waals surface area contributed by atoms with Crippen LogP contribution < -0.4 is 14.8 Å². The number of ether oxygens (including phenoxy) is 2. The van der Waals surface area contributed by atoms with Gasteiger partial charge in [0.05, 0.1) is 19.9 Å². The normalized spacial score (nSPS) is 12.8. The van der Waals surface area contributed by atoms with Crippen LogP contribution in [0.4, 0.5) is 5.69 Å². The fourth-order valence-corrected chi connectivity index (χ4v) is 5.70. The van der Waals surface area contributed by atoms with Crippen LogP contribution in [-0.2, 0) is 13.0 Å². The lowest BCUT2D eigenvalue weighted by Gasteiger charge is -2.12. The van der Waals surface area contributed by atoms with Crippen LogP contribution in [0.1, 0.15) is 40.0 Å². The molecule has 0 atom stereocenters. The van der Waals surface area contributed by atoms with Crippen molar-refractivity contribution in [3.63, 3.8) is 0 Å². The van der Waals surface area contributed by atoms with Crippen molar-refractivity contribution < 1.29 is 14.3 Å². The molecule has 198 valence electrons. The number of benzene rings is 3. The molecular weight excluding hydrogens is 486 g/mol. The minimum atomic E-state index is -0.142. The summed E-state index contributed by atoms with van der Waals surface area (Å²) in [5.74, 6) is 1.38. The van der Waals surface area contributed by atoms with Gasteiger partial charge in [0.1, 0.15) is 22.8 Å². The number of nitrogens with one attached hydrogen (secondary N) is 1. The zero-order valence-corrected chi connectivity index (χ0v) is 22.9. The van der Waals surface area contributed by atoms with E-state index in [-0.39, 0.29) is 5.91 Å². The van der Waals surface area contributed by atoms with E-state index in [4.69, 9.17) is 9.47 Å². The highest BCUT2D eigenvalue weighted by molar-refractivity contribution is 6.10. The zero-order valence-electron chi connectivity index (χ0n) is 22.9. The van der Waals surface area contributed by atoms with Crippen molar-refractivity contribution >= 4 is 17.2 Å². The molecular formula is C33H33N3O3. The van der Waals surface area contributed by atoms with Crippen LogP contribution >= 0.6 is 0 Å². The highest BCUT2D eigenvalue weighted by atomic mass is 16.5. The van der Waals surface area contributed by atoms with Gasteiger partial charge < -0.3 is 19.4 Å². The fraction of sp³-hybridized carbons (Fsp3) is 0.242. The largest absolute Gasteiger partial charge is 0.497 e. The van der Waals surface area contributed by atoms with Gasteiger partial charge in [-0.3, -0.25) is 9.20 Å². The van der Waals surface area contributed by atoms with E-state index in [0.717, 1.165) is 59.6 Å². The average molecular weight is 520 g/mol. The lowest BCUT2D eigenvalue weighted by molar-refractivity contribution is 0.102. The van der Waals surface area contributed by atoms with E-state index in [2.05, 4.69) is 64.7 Å². The molecule has 0 radical (unpaired) electrons. The van der Waals surface area contributed by atoms with Crippen LogP contribution in [0.5, 0.6) is 11.5 Å². The summed E-state index contributed by atoms with van der Waals surface area (Å²) in [7, 11) is 3.31. The Morgan fingerprint density at radius 3 is 2.36 bits per heavy atom. The van der Waals surface area contributed by atoms with Gasteiger partial charge in [0.25, 0.3) is 5.91 Å². The molecule has 0 aliphatic carbocycles. The molecule has 3 aromatic carbocycles. The van der Waals surface area contributed by atoms with Crippen molar-refractivity contribution in [2.24, 2.45) is 0 Å². The van der Waals surface area contributed by atoms with Crippen LogP contribution in [0.25, 0.3) is 28.0 Å². The first-order valence-electron chi connectivity index (χ1n) is 13.4. The Morgan fingerprint density at radius 2 is 1.62 bits per heavy atom. The number of methoxy groups -OCH3 is 2. The number of imidazole rings is 1. The van der Waals surface area contributed by atoms with Gasteiger partial charge in [0.15, 0.2) is 0 Å². The average Bonchev–Trinajstić information content (AvgIpc) is 3.37. The van der Waals surface area contributed by atoms with Gasteiger partial charge in [-0.05, 0) is 91.8 Å². The lowest BCUT2D eigenvalue weighted by atomic mass is 9.95. The van der Waals surface area contributed by atoms with E-state index in [1.165, 1.54) is 16.7 Å². The molecule has 0 saturated heterocycles. The first kappa shape index (κ1) is 24.9. The number of aromatic nitrogens is 2. The van der Waals surface area contributed by atoms with Crippen LogP contribution in [0.3, 0.4) is 0 Å². The number of carbonyl (C=O) groups is 1. The van der Waals surface area contributed by atoms with E-state index in [0.29, 0.717) is 17.1 Å². The van der Waals surface area contributed by atoms with Crippen molar-refractivity contribution in [2.45, 2.75) is 39.7 Å². The maximum absolute atomic E-state index is 14.2. The second-order valence-corrected chi connectivity index (χ2v) is 10.2. The molecule has 1 aliphatic heterocycles. The molecule has 6 nitrogen and oxygen atoms in total. The monoisotopic (exact) mass is 519 g/mol. The van der Waals surface area contributed by atoms with E-state index >= 15 is 0 Å². The van der Waals surface area contributed by atoms with Crippen molar-refractivity contribution in [1.29, 1.82) is 0 Å². The Balaban J connectivity index is 1.59. The first-order chi connectivity index (χ1) is 19.0. The molecule has 0 fully saturated rings. The van der Waals surface area contributed by atoms with Crippen molar-refractivity contribution in [1.82, 2.24) is 8.97 Å². The number of hydrogen-bond donors (Lipinski definition) is 1. The van der Waals surface area contributed by atoms with Crippen LogP contribution in [0, 0.1) is 13.8 Å². The van der Waals surface area contributed by atoms with E-state index in [1.807, 2.05) is 36.4 Å². The lowest BCUT2D eigenvalue weighted by Crippen LogP contribution is -2.15. The second-order valence-electron chi connectivity index (χ2n) is 10.2. The second kappa shape index (κ2) is 10.0. The minimum Gasteiger partial charge on any atom is -0.497 e. The number of aryl methyl sites for hydroxylation is 4. The topological polar surface area (TPSA) is 56.9 Å². The molecule has 39 heavy (non-hydrogen) atoms. The van der Waals surface area contributed by atoms with E-state index in [1.54, 1.807) is 14.2 Å². The quantitative estimate of drug-likeness (QED) is 0.256. The van der Waals surface area contributed by atoms with Crippen LogP contribution in [0.15, 0.2) is 72.9 Å². The highest BCUT2D eigenvalue weighted by Gasteiger charge is 2.30. The van der Waals surface area contributed by atoms with Gasteiger partial charge in [0.2, 0.25) is 0 Å². The third kappa shape index (κ3) is 4.36. The van der Waals surface area contributed by atoms with Crippen molar-refractivity contribution in [2.75, 3.05) is 19.5 Å². The summed E-state index contributed by atoms with van der Waals surface area (Å²) in [6, 6.07) is 22.1. The summed E-state index contributed by atoms with van der Waals surface area (Å²) in [6.07, 6.45) is 5.19. The first-order valence-corrected chi connectivity index (χ1v) is 13.4. The number of amides is 1. The van der Waals surface area contributed by atoms with Crippen molar-refractivity contribution in [3.8, 4) is 33.9 Å². The Morgan fingerprint density at radius 1 is 0.846 bits per heavy atom. The summed E-state index contributed by atoms with van der Waals surface area (Å²) in [6.45, 7) is 5.15. The Hall–Kier alpha value is -4.45. The smallest absolute Gasteiger partial charge is 0.273 e. The molecule has 3 heterocycles. The molecule has 1 amide bonds. The summed E-state index contributed by atoms with van der Waals surface area (Å²) in [5.41, 5.74) is 10.4. The number of carbonyl (C=O) groups excluding carboxylic acids is 1. The van der Waals surface area contributed by atoms with Crippen molar-refractivity contribution in [3.05, 3.63) is 95.3 Å². The van der Waals surface area contributed by atoms with Gasteiger partial charge in [-0.2, -0.15) is 0 Å². The summed E-state index contributed by atoms with van der Waals surface area (Å²) >= 11 is 0. The molecule has 1 N–H and O–H groups in total. The number of hydrogen-bond acceptors (Lipinski definition) is 3. The van der Waals surface area contributed by atoms with Crippen LogP contribution in [-0.4, -0.2) is 29.1 Å². The van der Waals surface area contributed by atoms with Gasteiger partial charge in [-0.1, -0.05) is 24.3 Å². The van der Waals surface area contributed by atoms with Gasteiger partial charge >= 0.3 is 0 Å². The predicted octanol–water partition coefficient (Wildman–Crippen LogP) is 7.30. The SMILES string of the molecule is COc1ccc(-c2cn3c(C(=O)Nc4cccc(OC)c4)c(-c4ccc(C)c(C)c4)c4c3n2CCCC4)cc1. The maximum atomic E-state index is 14.2. The predicted molar refractivity (Wildman–Crippen MR) is 156 cm³/mol. The number of anilines is 1. The summed E-state index contributed by atoms with van der Waals surface area (Å²) < 4.78 is 15.3. The Bertz CT molecular complexity index is 1690. The van der Waals surface area contributed by atoms with Gasteiger partial charge in [-0.25, -0.2) is 0 Å². The molecule has 0 unspecified atom stereocenters. The fourth-order valence-electron chi connectivity index (χ4n) is 5.70. The molecule has 2 aromatic heterocycles. The molecule has 5 aromatic rings. The standard InChI is InChI=1S/C33H33N3O3/c1-21-11-12-24(18-22(21)2)30-28-10-5-6-17-35-29(23-13-15-26(38-3)16-14-23)20-36(33(28)35)31(30)32(37)34-25-8-7-9-27(19-25)39-4/h7-9,11-16,18-20H,5-6,10,17H2,1-4H3,(H,34,37). The van der Waals surface area contributed by atoms with Gasteiger partial charge in [0, 0.05) is 35.6 Å². The highest BCUT2D eigenvalue weighted by Crippen LogP contribution is 2.40. The van der Waals surface area contributed by atoms with E-state index in [9.17, 15) is 4.79 Å². The molecule has 6 heteroatoms. The molecule has 6 rings (SSSR count). The summed E-state index contributed by atoms with van der Waals surface area (Å²) in [4.78, 5) is 14.2. The minimum absolute atomic E-state index is 0.142. The summed E-state index contributed by atoms with van der Waals surface area (Å²) in [5, 5.41) is 3.15. The van der Waals surface area contributed by atoms with Gasteiger partial charge in [-0.15, -0.1) is 0 Å². The number of rotatable bonds is 6. The van der Waals surface area contributed by atoms with E-state index < -0.39 is 0 Å². The number of nitrogens with zero attached hydrogens (tertiary/aromatic N) is 2. The molecule has 0 spiro atoms. The molecule has 0 saturated carbocycles. The third-order valence-electron chi connectivity index (χ3n) is 7.86. The molecule has 0 bridgehead atoms.